The number of anilines is 1. The van der Waals surface area contributed by atoms with Crippen LogP contribution in [0.3, 0.4) is 0 Å². The van der Waals surface area contributed by atoms with E-state index >= 15 is 0 Å². The topological polar surface area (TPSA) is 75.3 Å². The Morgan fingerprint density at radius 3 is 2.15 bits per heavy atom. The number of nitrogens with one attached hydrogen (secondary N) is 2. The van der Waals surface area contributed by atoms with Gasteiger partial charge in [0.05, 0.1) is 4.90 Å². The first kappa shape index (κ1) is 16.3. The Morgan fingerprint density at radius 2 is 1.70 bits per heavy atom. The van der Waals surface area contributed by atoms with Crippen LogP contribution in [-0.4, -0.2) is 32.9 Å². The lowest BCUT2D eigenvalue weighted by Gasteiger charge is -2.10. The van der Waals surface area contributed by atoms with Crippen molar-refractivity contribution in [1.82, 2.24) is 5.32 Å². The van der Waals surface area contributed by atoms with E-state index in [-0.39, 0.29) is 5.91 Å². The summed E-state index contributed by atoms with van der Waals surface area (Å²) in [5.41, 5.74) is -4.86. The highest BCUT2D eigenvalue weighted by atomic mass is 32.2. The first-order valence-electron chi connectivity index (χ1n) is 5.54. The molecule has 0 bridgehead atoms. The van der Waals surface area contributed by atoms with E-state index in [4.69, 9.17) is 0 Å². The van der Waals surface area contributed by atoms with Gasteiger partial charge in [0, 0.05) is 25.7 Å². The van der Waals surface area contributed by atoms with Crippen molar-refractivity contribution in [2.24, 2.45) is 0 Å². The molecule has 9 heteroatoms. The Bertz CT molecular complexity index is 568. The van der Waals surface area contributed by atoms with Crippen LogP contribution >= 0.6 is 0 Å². The van der Waals surface area contributed by atoms with Crippen molar-refractivity contribution in [3.63, 3.8) is 0 Å². The van der Waals surface area contributed by atoms with Gasteiger partial charge in [0.15, 0.2) is 0 Å². The molecular weight excluding hydrogens is 297 g/mol. The van der Waals surface area contributed by atoms with Crippen LogP contribution in [0.2, 0.25) is 0 Å². The molecule has 0 aliphatic heterocycles. The molecule has 1 amide bonds. The summed E-state index contributed by atoms with van der Waals surface area (Å²) in [7, 11) is -5.31. The van der Waals surface area contributed by atoms with Gasteiger partial charge in [0.2, 0.25) is 5.91 Å². The third-order valence-electron chi connectivity index (χ3n) is 2.30. The quantitative estimate of drug-likeness (QED) is 0.809. The Hall–Kier alpha value is -1.77. The van der Waals surface area contributed by atoms with E-state index in [9.17, 15) is 26.4 Å². The number of hydrogen-bond acceptors (Lipinski definition) is 4. The molecule has 2 N–H and O–H groups in total. The molecule has 0 aliphatic rings. The highest BCUT2D eigenvalue weighted by molar-refractivity contribution is 7.92. The summed E-state index contributed by atoms with van der Waals surface area (Å²) in [6.45, 7) is 2.07. The lowest BCUT2D eigenvalue weighted by atomic mass is 10.3. The van der Waals surface area contributed by atoms with Crippen molar-refractivity contribution in [1.29, 1.82) is 0 Å². The van der Waals surface area contributed by atoms with Crippen LogP contribution < -0.4 is 10.6 Å². The lowest BCUT2D eigenvalue weighted by Crippen LogP contribution is -2.26. The zero-order chi connectivity index (χ0) is 15.4. The molecular formula is C11H13F3N2O3S. The molecule has 0 fully saturated rings. The summed E-state index contributed by atoms with van der Waals surface area (Å²) >= 11 is 0. The molecule has 0 heterocycles. The highest BCUT2D eigenvalue weighted by Gasteiger charge is 2.46. The molecule has 0 aromatic heterocycles. The third-order valence-corrected chi connectivity index (χ3v) is 3.80. The second-order valence-electron chi connectivity index (χ2n) is 3.88. The smallest absolute Gasteiger partial charge is 0.383 e. The second-order valence-corrected chi connectivity index (χ2v) is 5.82. The van der Waals surface area contributed by atoms with Gasteiger partial charge in [-0.15, -0.1) is 0 Å². The summed E-state index contributed by atoms with van der Waals surface area (Å²) < 4.78 is 59.1. The number of halogens is 3. The van der Waals surface area contributed by atoms with E-state index in [2.05, 4.69) is 10.6 Å². The van der Waals surface area contributed by atoms with Crippen LogP contribution in [0.25, 0.3) is 0 Å². The number of amides is 1. The SMILES string of the molecule is CC(=O)NCCNc1ccc(S(=O)(=O)C(F)(F)F)cc1. The maximum absolute atomic E-state index is 12.3. The molecule has 0 atom stereocenters. The van der Waals surface area contributed by atoms with Gasteiger partial charge in [-0.1, -0.05) is 0 Å². The molecule has 0 aliphatic carbocycles. The minimum Gasteiger partial charge on any atom is -0.383 e. The number of benzene rings is 1. The second kappa shape index (κ2) is 6.12. The van der Waals surface area contributed by atoms with Crippen LogP contribution in [0, 0.1) is 0 Å². The van der Waals surface area contributed by atoms with E-state index in [1.807, 2.05) is 0 Å². The molecule has 1 aromatic rings. The van der Waals surface area contributed by atoms with Gasteiger partial charge in [-0.25, -0.2) is 8.42 Å². The Labute approximate surface area is 114 Å². The molecule has 112 valence electrons. The molecule has 1 rings (SSSR count). The fraction of sp³-hybridized carbons (Fsp3) is 0.364. The monoisotopic (exact) mass is 310 g/mol. The van der Waals surface area contributed by atoms with Crippen molar-refractivity contribution in [2.45, 2.75) is 17.3 Å². The molecule has 20 heavy (non-hydrogen) atoms. The molecule has 5 nitrogen and oxygen atoms in total. The standard InChI is InChI=1S/C11H13F3N2O3S/c1-8(17)15-6-7-16-9-2-4-10(5-3-9)20(18,19)11(12,13)14/h2-5,16H,6-7H2,1H3,(H,15,17). The first-order chi connectivity index (χ1) is 9.14. The number of rotatable bonds is 5. The van der Waals surface area contributed by atoms with E-state index in [1.165, 1.54) is 19.1 Å². The summed E-state index contributed by atoms with van der Waals surface area (Å²) in [5, 5.41) is 5.35. The van der Waals surface area contributed by atoms with E-state index in [0.29, 0.717) is 18.8 Å². The Kier molecular flexibility index (Phi) is 4.98. The van der Waals surface area contributed by atoms with Crippen molar-refractivity contribution >= 4 is 21.4 Å². The normalized spacial score (nSPS) is 12.0. The summed E-state index contributed by atoms with van der Waals surface area (Å²) in [6.07, 6.45) is 0. The largest absolute Gasteiger partial charge is 0.501 e. The zero-order valence-electron chi connectivity index (χ0n) is 10.5. The average molecular weight is 310 g/mol. The minimum absolute atomic E-state index is 0.196. The van der Waals surface area contributed by atoms with Gasteiger partial charge in [-0.3, -0.25) is 4.79 Å². The fourth-order valence-corrected chi connectivity index (χ4v) is 2.09. The van der Waals surface area contributed by atoms with Crippen LogP contribution in [0.4, 0.5) is 18.9 Å². The first-order valence-corrected chi connectivity index (χ1v) is 7.02. The summed E-state index contributed by atoms with van der Waals surface area (Å²) in [5.74, 6) is -0.196. The molecule has 0 radical (unpaired) electrons. The van der Waals surface area contributed by atoms with Crippen molar-refractivity contribution in [3.8, 4) is 0 Å². The van der Waals surface area contributed by atoms with Crippen molar-refractivity contribution in [2.75, 3.05) is 18.4 Å². The van der Waals surface area contributed by atoms with Crippen molar-refractivity contribution < 1.29 is 26.4 Å². The van der Waals surface area contributed by atoms with E-state index in [0.717, 1.165) is 12.1 Å². The third kappa shape index (κ3) is 4.12. The zero-order valence-corrected chi connectivity index (χ0v) is 11.3. The summed E-state index contributed by atoms with van der Waals surface area (Å²) in [4.78, 5) is 9.78. The lowest BCUT2D eigenvalue weighted by molar-refractivity contribution is -0.118. The average Bonchev–Trinajstić information content (AvgIpc) is 2.33. The fourth-order valence-electron chi connectivity index (χ4n) is 1.33. The van der Waals surface area contributed by atoms with Crippen LogP contribution in [-0.2, 0) is 14.6 Å². The van der Waals surface area contributed by atoms with Crippen LogP contribution in [0.15, 0.2) is 29.2 Å². The maximum Gasteiger partial charge on any atom is 0.501 e. The van der Waals surface area contributed by atoms with Gasteiger partial charge >= 0.3 is 5.51 Å². The van der Waals surface area contributed by atoms with Gasteiger partial charge in [0.1, 0.15) is 0 Å². The summed E-state index contributed by atoms with van der Waals surface area (Å²) in [6, 6.07) is 4.21. The molecule has 0 saturated carbocycles. The predicted molar refractivity (Wildman–Crippen MR) is 66.9 cm³/mol. The van der Waals surface area contributed by atoms with Gasteiger partial charge in [0.25, 0.3) is 9.84 Å². The van der Waals surface area contributed by atoms with Crippen LogP contribution in [0.5, 0.6) is 0 Å². The highest BCUT2D eigenvalue weighted by Crippen LogP contribution is 2.30. The predicted octanol–water partition coefficient (Wildman–Crippen LogP) is 1.53. The number of sulfone groups is 1. The van der Waals surface area contributed by atoms with Gasteiger partial charge in [-0.05, 0) is 24.3 Å². The van der Waals surface area contributed by atoms with E-state index in [1.54, 1.807) is 0 Å². The molecule has 0 unspecified atom stereocenters. The Morgan fingerprint density at radius 1 is 1.15 bits per heavy atom. The minimum atomic E-state index is -5.31. The van der Waals surface area contributed by atoms with Crippen molar-refractivity contribution in [3.05, 3.63) is 24.3 Å². The molecule has 0 spiro atoms. The number of carbonyl (C=O) groups excluding carboxylic acids is 1. The number of hydrogen-bond donors (Lipinski definition) is 2. The molecule has 1 aromatic carbocycles. The maximum atomic E-state index is 12.3. The van der Waals surface area contributed by atoms with Crippen LogP contribution in [0.1, 0.15) is 6.92 Å². The molecule has 0 saturated heterocycles. The van der Waals surface area contributed by atoms with E-state index < -0.39 is 20.2 Å². The number of carbonyl (C=O) groups is 1. The van der Waals surface area contributed by atoms with Gasteiger partial charge < -0.3 is 10.6 Å². The van der Waals surface area contributed by atoms with Gasteiger partial charge in [-0.2, -0.15) is 13.2 Å². The Balaban J connectivity index is 2.68. The number of alkyl halides is 3.